The fraction of sp³-hybridized carbons (Fsp3) is 0.350. The zero-order valence-electron chi connectivity index (χ0n) is 28.5. The van der Waals surface area contributed by atoms with Gasteiger partial charge >= 0.3 is 6.09 Å². The normalized spacial score (nSPS) is 12.6. The number of nitriles is 1. The van der Waals surface area contributed by atoms with Gasteiger partial charge in [0.25, 0.3) is 0 Å². The summed E-state index contributed by atoms with van der Waals surface area (Å²) < 4.78 is 11.7. The molecule has 0 saturated heterocycles. The molecule has 0 aliphatic heterocycles. The van der Waals surface area contributed by atoms with Gasteiger partial charge in [0.2, 0.25) is 0 Å². The van der Waals surface area contributed by atoms with E-state index in [1.807, 2.05) is 71.0 Å². The van der Waals surface area contributed by atoms with Gasteiger partial charge in [-0.15, -0.1) is 0 Å². The van der Waals surface area contributed by atoms with Crippen molar-refractivity contribution in [2.24, 2.45) is 5.92 Å². The van der Waals surface area contributed by atoms with Crippen molar-refractivity contribution in [3.8, 4) is 28.7 Å². The number of nitrogens with zero attached hydrogens (tertiary/aromatic N) is 2. The van der Waals surface area contributed by atoms with Crippen LogP contribution in [0.3, 0.4) is 0 Å². The molecule has 4 aromatic rings. The third-order valence-electron chi connectivity index (χ3n) is 8.37. The summed E-state index contributed by atoms with van der Waals surface area (Å²) in [4.78, 5) is 13.9. The average molecular weight is 688 g/mol. The second-order valence-electron chi connectivity index (χ2n) is 13.3. The smallest absolute Gasteiger partial charge is 0.407 e. The topological polar surface area (TPSA) is 82.8 Å². The van der Waals surface area contributed by atoms with Gasteiger partial charge in [0, 0.05) is 23.9 Å². The predicted molar refractivity (Wildman–Crippen MR) is 195 cm³/mol. The molecule has 1 amide bonds. The molecule has 0 radical (unpaired) electrons. The van der Waals surface area contributed by atoms with Crippen LogP contribution in [0.4, 0.5) is 4.79 Å². The van der Waals surface area contributed by atoms with Gasteiger partial charge < -0.3 is 19.5 Å². The molecule has 0 fully saturated rings. The first kappa shape index (κ1) is 36.7. The van der Waals surface area contributed by atoms with Gasteiger partial charge in [0.1, 0.15) is 19.0 Å². The molecule has 0 aliphatic carbocycles. The van der Waals surface area contributed by atoms with Gasteiger partial charge in [0.05, 0.1) is 16.1 Å². The van der Waals surface area contributed by atoms with E-state index in [0.29, 0.717) is 47.5 Å². The molecular weight excluding hydrogens is 643 g/mol. The zero-order chi connectivity index (χ0) is 35.0. The van der Waals surface area contributed by atoms with Gasteiger partial charge in [-0.2, -0.15) is 5.26 Å². The summed E-state index contributed by atoms with van der Waals surface area (Å²) in [6.07, 6.45) is 0.378. The lowest BCUT2D eigenvalue weighted by Gasteiger charge is -2.36. The molecule has 0 heterocycles. The van der Waals surface area contributed by atoms with E-state index in [9.17, 15) is 15.2 Å². The summed E-state index contributed by atoms with van der Waals surface area (Å²) in [7, 11) is 0. The lowest BCUT2D eigenvalue weighted by Crippen LogP contribution is -2.47. The van der Waals surface area contributed by atoms with E-state index >= 15 is 0 Å². The third kappa shape index (κ3) is 9.69. The number of aryl methyl sites for hydroxylation is 2. The van der Waals surface area contributed by atoms with Crippen LogP contribution in [0, 0.1) is 31.1 Å². The molecule has 0 aromatic heterocycles. The van der Waals surface area contributed by atoms with E-state index in [1.165, 1.54) is 4.90 Å². The van der Waals surface area contributed by atoms with Crippen LogP contribution in [-0.2, 0) is 12.8 Å². The Morgan fingerprint density at radius 2 is 1.56 bits per heavy atom. The molecule has 252 valence electrons. The first-order valence-corrected chi connectivity index (χ1v) is 16.9. The van der Waals surface area contributed by atoms with Crippen molar-refractivity contribution in [2.75, 3.05) is 19.8 Å². The molecule has 0 saturated carbocycles. The number of halogens is 2. The molecule has 2 atom stereocenters. The molecule has 2 unspecified atom stereocenters. The highest BCUT2D eigenvalue weighted by atomic mass is 35.5. The number of benzene rings is 4. The Morgan fingerprint density at radius 3 is 2.17 bits per heavy atom. The van der Waals surface area contributed by atoms with Crippen molar-refractivity contribution < 1.29 is 19.4 Å². The minimum atomic E-state index is -0.943. The second kappa shape index (κ2) is 16.3. The van der Waals surface area contributed by atoms with E-state index in [4.69, 9.17) is 32.7 Å². The van der Waals surface area contributed by atoms with Crippen LogP contribution in [0.15, 0.2) is 78.9 Å². The zero-order valence-corrected chi connectivity index (χ0v) is 30.0. The maximum Gasteiger partial charge on any atom is 0.407 e. The highest BCUT2D eigenvalue weighted by molar-refractivity contribution is 6.37. The van der Waals surface area contributed by atoms with Gasteiger partial charge in [0.15, 0.2) is 5.75 Å². The second-order valence-corrected chi connectivity index (χ2v) is 14.1. The Kier molecular flexibility index (Phi) is 12.4. The molecule has 4 aromatic carbocycles. The molecule has 6 nitrogen and oxygen atoms in total. The summed E-state index contributed by atoms with van der Waals surface area (Å²) in [6, 6.07) is 28.5. The quantitative estimate of drug-likeness (QED) is 0.142. The predicted octanol–water partition coefficient (Wildman–Crippen LogP) is 10.5. The Bertz CT molecular complexity index is 1740. The number of rotatable bonds is 13. The number of hydrogen-bond acceptors (Lipinski definition) is 4. The number of carbonyl (C=O) groups is 1. The largest absolute Gasteiger partial charge is 0.490 e. The van der Waals surface area contributed by atoms with Crippen LogP contribution in [0.2, 0.25) is 10.0 Å². The Balaban J connectivity index is 1.53. The molecule has 0 bridgehead atoms. The van der Waals surface area contributed by atoms with Gasteiger partial charge in [-0.25, -0.2) is 4.79 Å². The van der Waals surface area contributed by atoms with Crippen molar-refractivity contribution in [3.05, 3.63) is 117 Å². The standard InChI is InChI=1S/C40H44Cl2N2O4/c1-26-20-36(41)38(37(42)21-26)48-18-17-47-33-14-11-29(12-15-33)23-32(25-44(39(45)46)40(4,5)6)34-16-13-31(22-28(34)3)35-10-8-7-9-30(35)19-27(2)24-43/h7-16,20-22,27,32H,17-19,23,25H2,1-6H3,(H,45,46). The summed E-state index contributed by atoms with van der Waals surface area (Å²) in [5.74, 6) is 0.970. The van der Waals surface area contributed by atoms with Crippen molar-refractivity contribution in [1.82, 2.24) is 4.90 Å². The highest BCUT2D eigenvalue weighted by Crippen LogP contribution is 2.35. The number of carboxylic acid groups (broad SMARTS) is 1. The molecule has 1 N–H and O–H groups in total. The monoisotopic (exact) mass is 686 g/mol. The molecule has 4 rings (SSSR count). The van der Waals surface area contributed by atoms with Crippen LogP contribution < -0.4 is 9.47 Å². The minimum Gasteiger partial charge on any atom is -0.490 e. The van der Waals surface area contributed by atoms with Crippen molar-refractivity contribution in [3.63, 3.8) is 0 Å². The number of hydrogen-bond donors (Lipinski definition) is 1. The van der Waals surface area contributed by atoms with E-state index in [0.717, 1.165) is 38.9 Å². The van der Waals surface area contributed by atoms with E-state index in [-0.39, 0.29) is 18.4 Å². The summed E-state index contributed by atoms with van der Waals surface area (Å²) in [5, 5.41) is 20.5. The number of ether oxygens (including phenoxy) is 2. The van der Waals surface area contributed by atoms with Crippen molar-refractivity contribution in [2.45, 2.75) is 65.8 Å². The van der Waals surface area contributed by atoms with Gasteiger partial charge in [-0.3, -0.25) is 0 Å². The van der Waals surface area contributed by atoms with Crippen LogP contribution in [0.25, 0.3) is 11.1 Å². The molecule has 8 heteroatoms. The van der Waals surface area contributed by atoms with Crippen LogP contribution in [0.5, 0.6) is 11.5 Å². The maximum atomic E-state index is 12.4. The van der Waals surface area contributed by atoms with Crippen molar-refractivity contribution >= 4 is 29.3 Å². The summed E-state index contributed by atoms with van der Waals surface area (Å²) in [5.41, 5.74) is 6.98. The molecule has 0 spiro atoms. The maximum absolute atomic E-state index is 12.4. The first-order valence-electron chi connectivity index (χ1n) is 16.2. The van der Waals surface area contributed by atoms with Gasteiger partial charge in [-0.1, -0.05) is 77.8 Å². The lowest BCUT2D eigenvalue weighted by atomic mass is 9.85. The van der Waals surface area contributed by atoms with E-state index in [1.54, 1.807) is 12.1 Å². The molecule has 48 heavy (non-hydrogen) atoms. The highest BCUT2D eigenvalue weighted by Gasteiger charge is 2.30. The Morgan fingerprint density at radius 1 is 0.917 bits per heavy atom. The SMILES string of the molecule is Cc1cc(Cl)c(OCCOc2ccc(CC(CN(C(=O)O)C(C)(C)C)c3ccc(-c4ccccc4CC(C)C#N)cc3C)cc2)c(Cl)c1. The van der Waals surface area contributed by atoms with Crippen molar-refractivity contribution in [1.29, 1.82) is 5.26 Å². The number of amides is 1. The lowest BCUT2D eigenvalue weighted by molar-refractivity contribution is 0.0956. The first-order chi connectivity index (χ1) is 22.8. The average Bonchev–Trinajstić information content (AvgIpc) is 3.02. The molecular formula is C40H44Cl2N2O4. The fourth-order valence-corrected chi connectivity index (χ4v) is 6.63. The molecule has 0 aliphatic rings. The Hall–Kier alpha value is -4.18. The summed E-state index contributed by atoms with van der Waals surface area (Å²) in [6.45, 7) is 12.6. The fourth-order valence-electron chi connectivity index (χ4n) is 5.92. The third-order valence-corrected chi connectivity index (χ3v) is 8.94. The van der Waals surface area contributed by atoms with Crippen LogP contribution in [-0.4, -0.2) is 41.4 Å². The van der Waals surface area contributed by atoms with E-state index in [2.05, 4.69) is 43.3 Å². The minimum absolute atomic E-state index is 0.0858. The Labute approximate surface area is 294 Å². The van der Waals surface area contributed by atoms with Crippen LogP contribution in [0.1, 0.15) is 61.4 Å². The van der Waals surface area contributed by atoms with Crippen LogP contribution >= 0.6 is 23.2 Å². The summed E-state index contributed by atoms with van der Waals surface area (Å²) >= 11 is 12.6. The van der Waals surface area contributed by atoms with E-state index < -0.39 is 11.6 Å². The van der Waals surface area contributed by atoms with Gasteiger partial charge in [-0.05, 0) is 118 Å².